The van der Waals surface area contributed by atoms with Crippen LogP contribution in [0.25, 0.3) is 0 Å². The van der Waals surface area contributed by atoms with Gasteiger partial charge in [0, 0.05) is 31.6 Å². The maximum Gasteiger partial charge on any atom is 0.260 e. The van der Waals surface area contributed by atoms with Crippen LogP contribution in [0.3, 0.4) is 0 Å². The van der Waals surface area contributed by atoms with Gasteiger partial charge in [-0.25, -0.2) is 0 Å². The fraction of sp³-hybridized carbons (Fsp3) is 0.636. The van der Waals surface area contributed by atoms with E-state index in [0.717, 1.165) is 48.6 Å². The van der Waals surface area contributed by atoms with E-state index in [2.05, 4.69) is 5.32 Å². The summed E-state index contributed by atoms with van der Waals surface area (Å²) in [5.74, 6) is 1.56. The summed E-state index contributed by atoms with van der Waals surface area (Å²) < 4.78 is 5.97. The molecule has 0 spiro atoms. The number of nitrogens with zero attached hydrogens (tertiary/aromatic N) is 1. The third-order valence-corrected chi connectivity index (χ3v) is 6.11. The molecule has 0 bridgehead atoms. The van der Waals surface area contributed by atoms with Crippen molar-refractivity contribution in [1.29, 1.82) is 0 Å². The molecule has 1 aliphatic heterocycles. The predicted molar refractivity (Wildman–Crippen MR) is 111 cm³/mol. The van der Waals surface area contributed by atoms with Gasteiger partial charge in [-0.05, 0) is 61.3 Å². The van der Waals surface area contributed by atoms with Crippen LogP contribution in [0.1, 0.15) is 63.4 Å². The second kappa shape index (κ2) is 10.1. The van der Waals surface area contributed by atoms with Gasteiger partial charge in [-0.2, -0.15) is 0 Å². The maximum absolute atomic E-state index is 12.7. The monoisotopic (exact) mass is 406 g/mol. The van der Waals surface area contributed by atoms with Gasteiger partial charge < -0.3 is 15.0 Å². The molecule has 1 aromatic rings. The molecule has 1 atom stereocenters. The first-order valence-corrected chi connectivity index (χ1v) is 10.8. The fourth-order valence-corrected chi connectivity index (χ4v) is 4.54. The molecule has 28 heavy (non-hydrogen) atoms. The van der Waals surface area contributed by atoms with Crippen LogP contribution in [-0.2, 0) is 9.59 Å². The van der Waals surface area contributed by atoms with E-state index < -0.39 is 0 Å². The number of hydrogen-bond donors (Lipinski definition) is 1. The van der Waals surface area contributed by atoms with E-state index in [1.807, 2.05) is 23.1 Å². The summed E-state index contributed by atoms with van der Waals surface area (Å²) in [6.07, 6.45) is 8.07. The molecule has 1 unspecified atom stereocenters. The van der Waals surface area contributed by atoms with Gasteiger partial charge in [0.05, 0.1) is 0 Å². The summed E-state index contributed by atoms with van der Waals surface area (Å²) in [5, 5.41) is 3.58. The minimum absolute atomic E-state index is 0.0112. The Bertz CT molecular complexity index is 688. The molecule has 3 rings (SSSR count). The summed E-state index contributed by atoms with van der Waals surface area (Å²) >= 11 is 6.23. The van der Waals surface area contributed by atoms with E-state index in [1.165, 1.54) is 26.2 Å². The second-order valence-corrected chi connectivity index (χ2v) is 8.53. The van der Waals surface area contributed by atoms with Gasteiger partial charge in [-0.15, -0.1) is 0 Å². The van der Waals surface area contributed by atoms with Crippen LogP contribution in [0, 0.1) is 5.92 Å². The summed E-state index contributed by atoms with van der Waals surface area (Å²) in [7, 11) is 0. The summed E-state index contributed by atoms with van der Waals surface area (Å²) in [4.78, 5) is 25.7. The number of piperidine rings is 1. The average molecular weight is 407 g/mol. The first kappa shape index (κ1) is 21.0. The molecule has 5 nitrogen and oxygen atoms in total. The smallest absolute Gasteiger partial charge is 0.260 e. The van der Waals surface area contributed by atoms with Crippen LogP contribution in [0.15, 0.2) is 18.2 Å². The molecule has 1 N–H and O–H groups in total. The van der Waals surface area contributed by atoms with E-state index >= 15 is 0 Å². The Labute approximate surface area is 172 Å². The van der Waals surface area contributed by atoms with Crippen molar-refractivity contribution >= 4 is 23.4 Å². The van der Waals surface area contributed by atoms with Crippen molar-refractivity contribution in [2.45, 2.75) is 57.8 Å². The van der Waals surface area contributed by atoms with Gasteiger partial charge in [0.25, 0.3) is 5.91 Å². The number of likely N-dealkylation sites (tertiary alicyclic amines) is 1. The van der Waals surface area contributed by atoms with E-state index in [4.69, 9.17) is 16.3 Å². The Morgan fingerprint density at radius 2 is 1.96 bits per heavy atom. The molecular weight excluding hydrogens is 376 g/mol. The highest BCUT2D eigenvalue weighted by Crippen LogP contribution is 2.38. The lowest BCUT2D eigenvalue weighted by molar-refractivity contribution is -0.135. The number of carbonyl (C=O) groups excluding carboxylic acids is 2. The normalized spacial score (nSPS) is 20.6. The van der Waals surface area contributed by atoms with Gasteiger partial charge in [-0.1, -0.05) is 30.9 Å². The molecule has 1 saturated carbocycles. The second-order valence-electron chi connectivity index (χ2n) is 8.09. The van der Waals surface area contributed by atoms with Gasteiger partial charge in [0.2, 0.25) is 5.91 Å². The predicted octanol–water partition coefficient (Wildman–Crippen LogP) is 4.14. The number of hydrogen-bond acceptors (Lipinski definition) is 3. The molecule has 1 aromatic carbocycles. The van der Waals surface area contributed by atoms with E-state index in [9.17, 15) is 9.59 Å². The van der Waals surface area contributed by atoms with Gasteiger partial charge in [0.15, 0.2) is 6.61 Å². The quantitative estimate of drug-likeness (QED) is 0.772. The van der Waals surface area contributed by atoms with Crippen LogP contribution >= 0.6 is 11.6 Å². The summed E-state index contributed by atoms with van der Waals surface area (Å²) in [6, 6.07) is 5.73. The highest BCUT2D eigenvalue weighted by molar-refractivity contribution is 6.30. The fourth-order valence-electron chi connectivity index (χ4n) is 4.36. The van der Waals surface area contributed by atoms with E-state index in [0.29, 0.717) is 24.9 Å². The molecular formula is C22H31ClN2O3. The molecule has 2 aliphatic rings. The minimum Gasteiger partial charge on any atom is -0.483 e. The number of rotatable bonds is 6. The third kappa shape index (κ3) is 5.87. The van der Waals surface area contributed by atoms with Gasteiger partial charge in [-0.3, -0.25) is 9.59 Å². The van der Waals surface area contributed by atoms with Crippen molar-refractivity contribution in [3.8, 4) is 5.75 Å². The number of halogens is 1. The van der Waals surface area contributed by atoms with Gasteiger partial charge >= 0.3 is 0 Å². The molecule has 154 valence electrons. The zero-order chi connectivity index (χ0) is 19.9. The van der Waals surface area contributed by atoms with E-state index in [1.54, 1.807) is 0 Å². The zero-order valence-corrected chi connectivity index (χ0v) is 17.5. The highest BCUT2D eigenvalue weighted by Gasteiger charge is 2.25. The largest absolute Gasteiger partial charge is 0.483 e. The molecule has 0 aromatic heterocycles. The molecule has 2 fully saturated rings. The Kier molecular flexibility index (Phi) is 7.60. The molecule has 1 aliphatic carbocycles. The van der Waals surface area contributed by atoms with Crippen LogP contribution in [0.2, 0.25) is 5.02 Å². The zero-order valence-electron chi connectivity index (χ0n) is 16.7. The van der Waals surface area contributed by atoms with Crippen molar-refractivity contribution in [3.63, 3.8) is 0 Å². The van der Waals surface area contributed by atoms with Crippen molar-refractivity contribution in [1.82, 2.24) is 10.2 Å². The maximum atomic E-state index is 12.7. The number of ether oxygens (including phenoxy) is 1. The minimum atomic E-state index is -0.0234. The molecule has 2 amide bonds. The Hall–Kier alpha value is -1.75. The average Bonchev–Trinajstić information content (AvgIpc) is 2.72. The first-order valence-electron chi connectivity index (χ1n) is 10.5. The summed E-state index contributed by atoms with van der Waals surface area (Å²) in [5.41, 5.74) is 1.14. The molecule has 6 heteroatoms. The van der Waals surface area contributed by atoms with Crippen molar-refractivity contribution in [2.24, 2.45) is 5.92 Å². The van der Waals surface area contributed by atoms with Crippen LogP contribution in [0.4, 0.5) is 0 Å². The number of benzene rings is 1. The summed E-state index contributed by atoms with van der Waals surface area (Å²) in [6.45, 7) is 3.64. The van der Waals surface area contributed by atoms with Crippen LogP contribution in [0.5, 0.6) is 5.75 Å². The van der Waals surface area contributed by atoms with Crippen molar-refractivity contribution in [3.05, 3.63) is 28.8 Å². The van der Waals surface area contributed by atoms with Crippen molar-refractivity contribution < 1.29 is 14.3 Å². The lowest BCUT2D eigenvalue weighted by atomic mass is 9.84. The lowest BCUT2D eigenvalue weighted by Crippen LogP contribution is -2.45. The SMILES string of the molecule is CC(=O)NCC1CCCN(C(=O)COc2ccc(Cl)cc2C2CCCCC2)C1. The number of amides is 2. The Morgan fingerprint density at radius 1 is 1.18 bits per heavy atom. The first-order chi connectivity index (χ1) is 13.5. The Balaban J connectivity index is 1.57. The van der Waals surface area contributed by atoms with Gasteiger partial charge in [0.1, 0.15) is 5.75 Å². The molecule has 1 heterocycles. The number of nitrogens with one attached hydrogen (secondary N) is 1. The molecule has 0 radical (unpaired) electrons. The topological polar surface area (TPSA) is 58.6 Å². The van der Waals surface area contributed by atoms with Crippen molar-refractivity contribution in [2.75, 3.05) is 26.2 Å². The lowest BCUT2D eigenvalue weighted by Gasteiger charge is -2.33. The molecule has 1 saturated heterocycles. The number of carbonyl (C=O) groups is 2. The van der Waals surface area contributed by atoms with E-state index in [-0.39, 0.29) is 18.4 Å². The van der Waals surface area contributed by atoms with Crippen LogP contribution in [-0.4, -0.2) is 43.0 Å². The van der Waals surface area contributed by atoms with Crippen LogP contribution < -0.4 is 10.1 Å². The third-order valence-electron chi connectivity index (χ3n) is 5.88. The standard InChI is InChI=1S/C22H31ClN2O3/c1-16(26)24-13-17-6-5-11-25(14-17)22(27)15-28-21-10-9-19(23)12-20(21)18-7-3-2-4-8-18/h9-10,12,17-18H,2-8,11,13-15H2,1H3,(H,24,26). The highest BCUT2D eigenvalue weighted by atomic mass is 35.5. The Morgan fingerprint density at radius 3 is 2.71 bits per heavy atom.